The normalized spacial score (nSPS) is 15.8. The fraction of sp³-hybridized carbons (Fsp3) is 0.333. The molecule has 1 aromatic carbocycles. The number of fused-ring (bicyclic) bond motifs is 1. The Kier molecular flexibility index (Phi) is 2.54. The Morgan fingerprint density at radius 2 is 2.00 bits per heavy atom. The smallest absolute Gasteiger partial charge is 0.163 e. The molecule has 0 N–H and O–H groups in total. The van der Waals surface area contributed by atoms with E-state index in [0.717, 1.165) is 5.56 Å². The second-order valence-corrected chi connectivity index (χ2v) is 3.66. The first kappa shape index (κ1) is 9.90. The van der Waals surface area contributed by atoms with Crippen LogP contribution in [-0.4, -0.2) is 18.7 Å². The van der Waals surface area contributed by atoms with Crippen LogP contribution in [0, 0.1) is 0 Å². The van der Waals surface area contributed by atoms with Crippen molar-refractivity contribution in [2.24, 2.45) is 0 Å². The highest BCUT2D eigenvalue weighted by atomic mass is 16.5. The van der Waals surface area contributed by atoms with Crippen LogP contribution in [0.25, 0.3) is 0 Å². The molecule has 0 saturated carbocycles. The lowest BCUT2D eigenvalue weighted by molar-refractivity contribution is -0.118. The van der Waals surface area contributed by atoms with Gasteiger partial charge in [-0.2, -0.15) is 0 Å². The SMILES string of the molecule is COc1ccc2c(c1)CC(=O)CCC2=O. The monoisotopic (exact) mass is 204 g/mol. The Labute approximate surface area is 88.1 Å². The Balaban J connectivity index is 2.47. The molecule has 1 aliphatic rings. The lowest BCUT2D eigenvalue weighted by Crippen LogP contribution is -2.01. The fourth-order valence-electron chi connectivity index (χ4n) is 1.80. The second-order valence-electron chi connectivity index (χ2n) is 3.66. The standard InChI is InChI=1S/C12H12O3/c1-15-10-3-4-11-8(7-10)6-9(13)2-5-12(11)14/h3-4,7H,2,5-6H2,1H3. The van der Waals surface area contributed by atoms with Crippen LogP contribution in [0.15, 0.2) is 18.2 Å². The molecule has 0 amide bonds. The number of rotatable bonds is 1. The van der Waals surface area contributed by atoms with Crippen molar-refractivity contribution in [3.63, 3.8) is 0 Å². The van der Waals surface area contributed by atoms with Gasteiger partial charge in [0, 0.05) is 24.8 Å². The van der Waals surface area contributed by atoms with E-state index < -0.39 is 0 Å². The number of hydrogen-bond acceptors (Lipinski definition) is 3. The highest BCUT2D eigenvalue weighted by Gasteiger charge is 2.20. The number of hydrogen-bond donors (Lipinski definition) is 0. The number of ether oxygens (including phenoxy) is 1. The first-order chi connectivity index (χ1) is 7.20. The largest absolute Gasteiger partial charge is 0.497 e. The van der Waals surface area contributed by atoms with Crippen molar-refractivity contribution >= 4 is 11.6 Å². The van der Waals surface area contributed by atoms with Gasteiger partial charge in [-0.15, -0.1) is 0 Å². The van der Waals surface area contributed by atoms with E-state index in [1.807, 2.05) is 0 Å². The Morgan fingerprint density at radius 1 is 1.20 bits per heavy atom. The molecule has 15 heavy (non-hydrogen) atoms. The van der Waals surface area contributed by atoms with Crippen LogP contribution in [0.5, 0.6) is 5.75 Å². The minimum atomic E-state index is 0.0542. The molecule has 0 unspecified atom stereocenters. The Morgan fingerprint density at radius 3 is 2.73 bits per heavy atom. The van der Waals surface area contributed by atoms with Gasteiger partial charge in [0.15, 0.2) is 5.78 Å². The second kappa shape index (κ2) is 3.85. The molecule has 0 aromatic heterocycles. The third-order valence-electron chi connectivity index (χ3n) is 2.63. The summed E-state index contributed by atoms with van der Waals surface area (Å²) in [6, 6.07) is 5.28. The predicted molar refractivity (Wildman–Crippen MR) is 55.3 cm³/mol. The number of ketones is 2. The molecule has 3 heteroatoms. The molecule has 0 radical (unpaired) electrons. The minimum absolute atomic E-state index is 0.0542. The molecule has 78 valence electrons. The fourth-order valence-corrected chi connectivity index (χ4v) is 1.80. The van der Waals surface area contributed by atoms with Crippen molar-refractivity contribution in [3.05, 3.63) is 29.3 Å². The van der Waals surface area contributed by atoms with Crippen molar-refractivity contribution in [1.82, 2.24) is 0 Å². The van der Waals surface area contributed by atoms with E-state index in [9.17, 15) is 9.59 Å². The van der Waals surface area contributed by atoms with Crippen LogP contribution in [0.4, 0.5) is 0 Å². The number of Topliss-reactive ketones (excluding diaryl/α,β-unsaturated/α-hetero) is 2. The molecule has 2 rings (SSSR count). The maximum Gasteiger partial charge on any atom is 0.163 e. The quantitative estimate of drug-likeness (QED) is 0.655. The average Bonchev–Trinajstić information content (AvgIpc) is 2.38. The van der Waals surface area contributed by atoms with Crippen LogP contribution < -0.4 is 4.74 Å². The highest BCUT2D eigenvalue weighted by Crippen LogP contribution is 2.23. The zero-order valence-corrected chi connectivity index (χ0v) is 8.58. The van der Waals surface area contributed by atoms with Gasteiger partial charge < -0.3 is 4.74 Å². The third kappa shape index (κ3) is 1.91. The van der Waals surface area contributed by atoms with E-state index in [4.69, 9.17) is 4.74 Å². The molecule has 0 bridgehead atoms. The van der Waals surface area contributed by atoms with E-state index >= 15 is 0 Å². The summed E-state index contributed by atoms with van der Waals surface area (Å²) in [7, 11) is 1.57. The van der Waals surface area contributed by atoms with E-state index in [2.05, 4.69) is 0 Å². The lowest BCUT2D eigenvalue weighted by Gasteiger charge is -2.06. The van der Waals surface area contributed by atoms with Gasteiger partial charge in [0.25, 0.3) is 0 Å². The summed E-state index contributed by atoms with van der Waals surface area (Å²) in [5, 5.41) is 0. The van der Waals surface area contributed by atoms with Gasteiger partial charge in [-0.3, -0.25) is 9.59 Å². The van der Waals surface area contributed by atoms with Gasteiger partial charge in [-0.25, -0.2) is 0 Å². The first-order valence-corrected chi connectivity index (χ1v) is 4.92. The molecule has 0 aliphatic heterocycles. The van der Waals surface area contributed by atoms with Crippen LogP contribution in [-0.2, 0) is 11.2 Å². The summed E-state index contributed by atoms with van der Waals surface area (Å²) in [4.78, 5) is 23.1. The predicted octanol–water partition coefficient (Wildman–Crippen LogP) is 1.78. The van der Waals surface area contributed by atoms with E-state index in [0.29, 0.717) is 30.6 Å². The first-order valence-electron chi connectivity index (χ1n) is 4.92. The van der Waals surface area contributed by atoms with Crippen LogP contribution in [0.2, 0.25) is 0 Å². The van der Waals surface area contributed by atoms with Gasteiger partial charge in [0.05, 0.1) is 7.11 Å². The molecule has 3 nitrogen and oxygen atoms in total. The summed E-state index contributed by atoms with van der Waals surface area (Å²) in [5.74, 6) is 0.866. The number of methoxy groups -OCH3 is 1. The molecular formula is C12H12O3. The van der Waals surface area contributed by atoms with E-state index in [1.54, 1.807) is 25.3 Å². The van der Waals surface area contributed by atoms with Crippen LogP contribution in [0.3, 0.4) is 0 Å². The Bertz CT molecular complexity index is 421. The van der Waals surface area contributed by atoms with E-state index in [1.165, 1.54) is 0 Å². The summed E-state index contributed by atoms with van der Waals surface area (Å²) in [5.41, 5.74) is 1.46. The van der Waals surface area contributed by atoms with Gasteiger partial charge in [0.2, 0.25) is 0 Å². The van der Waals surface area contributed by atoms with Crippen molar-refractivity contribution in [2.45, 2.75) is 19.3 Å². The van der Waals surface area contributed by atoms with Gasteiger partial charge in [-0.05, 0) is 23.8 Å². The van der Waals surface area contributed by atoms with Crippen LogP contribution in [0.1, 0.15) is 28.8 Å². The molecule has 1 aromatic rings. The highest BCUT2D eigenvalue weighted by molar-refractivity contribution is 6.02. The molecule has 0 fully saturated rings. The van der Waals surface area contributed by atoms with Crippen molar-refractivity contribution in [3.8, 4) is 5.75 Å². The molecule has 0 spiro atoms. The Hall–Kier alpha value is -1.64. The maximum absolute atomic E-state index is 11.7. The molecule has 1 aliphatic carbocycles. The number of carbonyl (C=O) groups excluding carboxylic acids is 2. The number of benzene rings is 1. The molecule has 0 saturated heterocycles. The number of carbonyl (C=O) groups is 2. The third-order valence-corrected chi connectivity index (χ3v) is 2.63. The van der Waals surface area contributed by atoms with Crippen molar-refractivity contribution < 1.29 is 14.3 Å². The summed E-state index contributed by atoms with van der Waals surface area (Å²) >= 11 is 0. The minimum Gasteiger partial charge on any atom is -0.497 e. The van der Waals surface area contributed by atoms with Gasteiger partial charge in [0.1, 0.15) is 11.5 Å². The zero-order valence-electron chi connectivity index (χ0n) is 8.58. The molecule has 0 heterocycles. The lowest BCUT2D eigenvalue weighted by atomic mass is 10.0. The summed E-state index contributed by atoms with van der Waals surface area (Å²) < 4.78 is 5.07. The van der Waals surface area contributed by atoms with E-state index in [-0.39, 0.29) is 11.6 Å². The topological polar surface area (TPSA) is 43.4 Å². The van der Waals surface area contributed by atoms with Gasteiger partial charge in [-0.1, -0.05) is 0 Å². The summed E-state index contributed by atoms with van der Waals surface area (Å²) in [6.07, 6.45) is 1.03. The van der Waals surface area contributed by atoms with Crippen molar-refractivity contribution in [2.75, 3.05) is 7.11 Å². The maximum atomic E-state index is 11.7. The van der Waals surface area contributed by atoms with Gasteiger partial charge >= 0.3 is 0 Å². The zero-order chi connectivity index (χ0) is 10.8. The van der Waals surface area contributed by atoms with Crippen LogP contribution >= 0.6 is 0 Å². The molecule has 0 atom stereocenters. The van der Waals surface area contributed by atoms with Crippen molar-refractivity contribution in [1.29, 1.82) is 0 Å². The molecular weight excluding hydrogens is 192 g/mol. The average molecular weight is 204 g/mol. The summed E-state index contributed by atoms with van der Waals surface area (Å²) in [6.45, 7) is 0.